The van der Waals surface area contributed by atoms with Gasteiger partial charge in [-0.1, -0.05) is 23.7 Å². The molecule has 84 valence electrons. The van der Waals surface area contributed by atoms with Crippen LogP contribution in [0.25, 0.3) is 17.0 Å². The van der Waals surface area contributed by atoms with E-state index >= 15 is 0 Å². The SMILES string of the molecule is Cc1cccc2c(Cl)nc(-c3ccccn3)n12. The molecular weight excluding hydrogens is 234 g/mol. The molecule has 0 aliphatic carbocycles. The van der Waals surface area contributed by atoms with Crippen molar-refractivity contribution in [1.29, 1.82) is 0 Å². The molecule has 0 aromatic carbocycles. The molecule has 0 aliphatic heterocycles. The molecule has 0 spiro atoms. The quantitative estimate of drug-likeness (QED) is 0.656. The molecule has 0 aliphatic rings. The number of fused-ring (bicyclic) bond motifs is 1. The van der Waals surface area contributed by atoms with Gasteiger partial charge in [0, 0.05) is 11.9 Å². The van der Waals surface area contributed by atoms with Crippen molar-refractivity contribution in [2.45, 2.75) is 6.92 Å². The summed E-state index contributed by atoms with van der Waals surface area (Å²) in [4.78, 5) is 8.70. The van der Waals surface area contributed by atoms with E-state index in [1.54, 1.807) is 6.20 Å². The molecule has 0 atom stereocenters. The van der Waals surface area contributed by atoms with Crippen LogP contribution in [0.4, 0.5) is 0 Å². The van der Waals surface area contributed by atoms with E-state index in [0.29, 0.717) is 5.15 Å². The average molecular weight is 244 g/mol. The molecule has 0 bridgehead atoms. The Hall–Kier alpha value is -1.87. The Labute approximate surface area is 104 Å². The Balaban J connectivity index is 2.38. The summed E-state index contributed by atoms with van der Waals surface area (Å²) in [6.45, 7) is 2.03. The van der Waals surface area contributed by atoms with E-state index in [1.165, 1.54) is 0 Å². The van der Waals surface area contributed by atoms with Crippen LogP contribution in [0, 0.1) is 6.92 Å². The fourth-order valence-corrected chi connectivity index (χ4v) is 2.15. The van der Waals surface area contributed by atoms with Crippen LogP contribution in [0.15, 0.2) is 42.6 Å². The zero-order valence-corrected chi connectivity index (χ0v) is 10.0. The van der Waals surface area contributed by atoms with Crippen molar-refractivity contribution in [3.05, 3.63) is 53.4 Å². The standard InChI is InChI=1S/C13H10ClN3/c1-9-5-4-7-11-12(14)16-13(17(9)11)10-6-2-3-8-15-10/h2-8H,1H3. The highest BCUT2D eigenvalue weighted by molar-refractivity contribution is 6.32. The van der Waals surface area contributed by atoms with Crippen LogP contribution in [0.3, 0.4) is 0 Å². The van der Waals surface area contributed by atoms with Crippen LogP contribution in [-0.4, -0.2) is 14.4 Å². The molecule has 0 fully saturated rings. The highest BCUT2D eigenvalue weighted by Crippen LogP contribution is 2.25. The van der Waals surface area contributed by atoms with Crippen LogP contribution in [0.5, 0.6) is 0 Å². The maximum absolute atomic E-state index is 6.14. The van der Waals surface area contributed by atoms with Crippen molar-refractivity contribution >= 4 is 17.1 Å². The van der Waals surface area contributed by atoms with Crippen molar-refractivity contribution in [3.63, 3.8) is 0 Å². The Morgan fingerprint density at radius 1 is 1.12 bits per heavy atom. The lowest BCUT2D eigenvalue weighted by atomic mass is 10.3. The lowest BCUT2D eigenvalue weighted by molar-refractivity contribution is 1.07. The largest absolute Gasteiger partial charge is 0.294 e. The van der Waals surface area contributed by atoms with Gasteiger partial charge in [0.2, 0.25) is 0 Å². The number of hydrogen-bond acceptors (Lipinski definition) is 2. The molecule has 0 N–H and O–H groups in total. The summed E-state index contributed by atoms with van der Waals surface area (Å²) in [6.07, 6.45) is 1.75. The summed E-state index contributed by atoms with van der Waals surface area (Å²) >= 11 is 6.14. The number of pyridine rings is 2. The maximum Gasteiger partial charge on any atom is 0.165 e. The molecule has 4 heteroatoms. The predicted molar refractivity (Wildman–Crippen MR) is 68.2 cm³/mol. The van der Waals surface area contributed by atoms with E-state index in [4.69, 9.17) is 11.6 Å². The Morgan fingerprint density at radius 2 is 2.00 bits per heavy atom. The number of aryl methyl sites for hydroxylation is 1. The third-order valence-electron chi connectivity index (χ3n) is 2.71. The molecule has 3 nitrogen and oxygen atoms in total. The summed E-state index contributed by atoms with van der Waals surface area (Å²) in [7, 11) is 0. The molecule has 0 unspecified atom stereocenters. The van der Waals surface area contributed by atoms with E-state index in [-0.39, 0.29) is 0 Å². The fourth-order valence-electron chi connectivity index (χ4n) is 1.93. The Morgan fingerprint density at radius 3 is 2.76 bits per heavy atom. The zero-order valence-electron chi connectivity index (χ0n) is 9.26. The summed E-state index contributed by atoms with van der Waals surface area (Å²) < 4.78 is 2.02. The summed E-state index contributed by atoms with van der Waals surface area (Å²) in [6, 6.07) is 11.7. The minimum absolute atomic E-state index is 0.509. The lowest BCUT2D eigenvalue weighted by Gasteiger charge is -2.03. The summed E-state index contributed by atoms with van der Waals surface area (Å²) in [5.74, 6) is 0.781. The van der Waals surface area contributed by atoms with Gasteiger partial charge in [-0.05, 0) is 31.2 Å². The second-order valence-electron chi connectivity index (χ2n) is 3.83. The normalized spacial score (nSPS) is 10.9. The van der Waals surface area contributed by atoms with Crippen LogP contribution in [0.1, 0.15) is 5.69 Å². The van der Waals surface area contributed by atoms with Crippen molar-refractivity contribution in [2.24, 2.45) is 0 Å². The Bertz CT molecular complexity index is 674. The van der Waals surface area contributed by atoms with E-state index in [1.807, 2.05) is 47.7 Å². The molecular formula is C13H10ClN3. The molecule has 17 heavy (non-hydrogen) atoms. The van der Waals surface area contributed by atoms with Crippen molar-refractivity contribution < 1.29 is 0 Å². The first-order valence-electron chi connectivity index (χ1n) is 5.32. The van der Waals surface area contributed by atoms with Crippen LogP contribution >= 0.6 is 11.6 Å². The zero-order chi connectivity index (χ0) is 11.8. The average Bonchev–Trinajstić information content (AvgIpc) is 2.70. The molecule has 0 saturated heterocycles. The predicted octanol–water partition coefficient (Wildman–Crippen LogP) is 3.36. The monoisotopic (exact) mass is 243 g/mol. The van der Waals surface area contributed by atoms with E-state index in [2.05, 4.69) is 9.97 Å². The molecule has 3 aromatic heterocycles. The molecule has 0 amide bonds. The van der Waals surface area contributed by atoms with E-state index in [9.17, 15) is 0 Å². The van der Waals surface area contributed by atoms with E-state index in [0.717, 1.165) is 22.7 Å². The second-order valence-corrected chi connectivity index (χ2v) is 4.19. The topological polar surface area (TPSA) is 30.2 Å². The van der Waals surface area contributed by atoms with Crippen molar-refractivity contribution in [1.82, 2.24) is 14.4 Å². The third-order valence-corrected chi connectivity index (χ3v) is 2.98. The van der Waals surface area contributed by atoms with Crippen molar-refractivity contribution in [2.75, 3.05) is 0 Å². The van der Waals surface area contributed by atoms with Crippen LogP contribution in [0.2, 0.25) is 5.15 Å². The van der Waals surface area contributed by atoms with Gasteiger partial charge in [-0.2, -0.15) is 0 Å². The van der Waals surface area contributed by atoms with Gasteiger partial charge < -0.3 is 0 Å². The fraction of sp³-hybridized carbons (Fsp3) is 0.0769. The van der Waals surface area contributed by atoms with Gasteiger partial charge in [0.25, 0.3) is 0 Å². The van der Waals surface area contributed by atoms with Crippen LogP contribution < -0.4 is 0 Å². The number of nitrogens with zero attached hydrogens (tertiary/aromatic N) is 3. The first-order chi connectivity index (χ1) is 8.27. The minimum atomic E-state index is 0.509. The Kier molecular flexibility index (Phi) is 2.34. The number of rotatable bonds is 1. The number of aromatic nitrogens is 3. The summed E-state index contributed by atoms with van der Waals surface area (Å²) in [5, 5.41) is 0.509. The number of halogens is 1. The minimum Gasteiger partial charge on any atom is -0.294 e. The van der Waals surface area contributed by atoms with Gasteiger partial charge in [-0.25, -0.2) is 4.98 Å². The highest BCUT2D eigenvalue weighted by atomic mass is 35.5. The van der Waals surface area contributed by atoms with Gasteiger partial charge in [0.1, 0.15) is 5.69 Å². The molecule has 3 rings (SSSR count). The lowest BCUT2D eigenvalue weighted by Crippen LogP contribution is -1.94. The first kappa shape index (κ1) is 10.3. The van der Waals surface area contributed by atoms with Gasteiger partial charge in [-0.3, -0.25) is 9.38 Å². The van der Waals surface area contributed by atoms with Gasteiger partial charge in [0.05, 0.1) is 5.52 Å². The number of hydrogen-bond donors (Lipinski definition) is 0. The molecule has 3 heterocycles. The van der Waals surface area contributed by atoms with Crippen molar-refractivity contribution in [3.8, 4) is 11.5 Å². The van der Waals surface area contributed by atoms with E-state index < -0.39 is 0 Å². The first-order valence-corrected chi connectivity index (χ1v) is 5.70. The summed E-state index contributed by atoms with van der Waals surface area (Å²) in [5.41, 5.74) is 2.82. The van der Waals surface area contributed by atoms with Gasteiger partial charge >= 0.3 is 0 Å². The molecule has 3 aromatic rings. The molecule has 0 radical (unpaired) electrons. The third kappa shape index (κ3) is 1.59. The maximum atomic E-state index is 6.14. The highest BCUT2D eigenvalue weighted by Gasteiger charge is 2.12. The van der Waals surface area contributed by atoms with Gasteiger partial charge in [0.15, 0.2) is 11.0 Å². The smallest absolute Gasteiger partial charge is 0.165 e. The van der Waals surface area contributed by atoms with Gasteiger partial charge in [-0.15, -0.1) is 0 Å². The number of imidazole rings is 1. The second kappa shape index (κ2) is 3.86. The molecule has 0 saturated carbocycles. The van der Waals surface area contributed by atoms with Crippen LogP contribution in [-0.2, 0) is 0 Å².